The molecule has 0 radical (unpaired) electrons. The van der Waals surface area contributed by atoms with Gasteiger partial charge in [0.2, 0.25) is 0 Å². The van der Waals surface area contributed by atoms with Crippen LogP contribution in [0.3, 0.4) is 0 Å². The summed E-state index contributed by atoms with van der Waals surface area (Å²) in [6.45, 7) is 3.27. The van der Waals surface area contributed by atoms with Crippen LogP contribution in [0.15, 0.2) is 0 Å². The number of methoxy groups -OCH3 is 2. The van der Waals surface area contributed by atoms with Crippen molar-refractivity contribution in [1.29, 1.82) is 0 Å². The Morgan fingerprint density at radius 2 is 1.90 bits per heavy atom. The van der Waals surface area contributed by atoms with Crippen molar-refractivity contribution in [2.24, 2.45) is 0 Å². The Bertz CT molecular complexity index is 536. The smallest absolute Gasteiger partial charge is 0.350 e. The molecule has 0 amide bonds. The molecular formula is C13H19N3O4S. The van der Waals surface area contributed by atoms with Crippen molar-refractivity contribution in [3.05, 3.63) is 10.4 Å². The minimum Gasteiger partial charge on any atom is -0.465 e. The lowest BCUT2D eigenvalue weighted by Crippen LogP contribution is -2.28. The summed E-state index contributed by atoms with van der Waals surface area (Å²) in [5.41, 5.74) is 6.35. The third kappa shape index (κ3) is 3.11. The van der Waals surface area contributed by atoms with Gasteiger partial charge in [-0.2, -0.15) is 0 Å². The van der Waals surface area contributed by atoms with E-state index < -0.39 is 11.9 Å². The van der Waals surface area contributed by atoms with Gasteiger partial charge in [0.15, 0.2) is 0 Å². The van der Waals surface area contributed by atoms with Gasteiger partial charge in [0.05, 0.1) is 19.9 Å². The number of nitrogens with one attached hydrogen (secondary N) is 1. The molecule has 2 rings (SSSR count). The Morgan fingerprint density at radius 3 is 2.57 bits per heavy atom. The molecule has 116 valence electrons. The first-order valence-corrected chi connectivity index (χ1v) is 7.46. The Hall–Kier alpha value is -1.80. The van der Waals surface area contributed by atoms with Gasteiger partial charge >= 0.3 is 11.9 Å². The molecular weight excluding hydrogens is 294 g/mol. The number of carbonyl (C=O) groups excluding carboxylic acids is 2. The molecule has 0 bridgehead atoms. The first-order valence-electron chi connectivity index (χ1n) is 6.64. The highest BCUT2D eigenvalue weighted by molar-refractivity contribution is 7.19. The maximum absolute atomic E-state index is 12.0. The Morgan fingerprint density at radius 1 is 1.19 bits per heavy atom. The topological polar surface area (TPSA) is 93.9 Å². The average molecular weight is 313 g/mol. The first kappa shape index (κ1) is 15.6. The average Bonchev–Trinajstić information content (AvgIpc) is 2.69. The quantitative estimate of drug-likeness (QED) is 0.793. The van der Waals surface area contributed by atoms with Gasteiger partial charge in [0.25, 0.3) is 0 Å². The largest absolute Gasteiger partial charge is 0.465 e. The second-order valence-corrected chi connectivity index (χ2v) is 5.60. The number of nitrogen functional groups attached to an aromatic ring is 1. The van der Waals surface area contributed by atoms with E-state index in [0.717, 1.165) is 32.6 Å². The van der Waals surface area contributed by atoms with Crippen LogP contribution >= 0.6 is 11.3 Å². The minimum atomic E-state index is -0.540. The molecule has 7 nitrogen and oxygen atoms in total. The molecule has 1 aliphatic rings. The molecule has 1 aliphatic heterocycles. The van der Waals surface area contributed by atoms with Crippen molar-refractivity contribution in [2.45, 2.75) is 6.42 Å². The number of thiophene rings is 1. The molecule has 0 unspecified atom stereocenters. The number of carbonyl (C=O) groups is 2. The zero-order chi connectivity index (χ0) is 15.4. The summed E-state index contributed by atoms with van der Waals surface area (Å²) < 4.78 is 9.52. The van der Waals surface area contributed by atoms with Gasteiger partial charge in [-0.3, -0.25) is 0 Å². The number of anilines is 2. The lowest BCUT2D eigenvalue weighted by molar-refractivity contribution is 0.0602. The lowest BCUT2D eigenvalue weighted by Gasteiger charge is -2.21. The summed E-state index contributed by atoms with van der Waals surface area (Å²) in [6, 6.07) is 0. The fourth-order valence-electron chi connectivity index (χ4n) is 2.25. The van der Waals surface area contributed by atoms with Gasteiger partial charge in [-0.15, -0.1) is 11.3 Å². The van der Waals surface area contributed by atoms with Crippen LogP contribution in [0.25, 0.3) is 0 Å². The summed E-state index contributed by atoms with van der Waals surface area (Å²) >= 11 is 1.18. The number of nitrogens with two attached hydrogens (primary N) is 1. The van der Waals surface area contributed by atoms with E-state index in [9.17, 15) is 9.59 Å². The molecule has 0 spiro atoms. The highest BCUT2D eigenvalue weighted by atomic mass is 32.1. The number of esters is 2. The Kier molecular flexibility index (Phi) is 5.03. The lowest BCUT2D eigenvalue weighted by atomic mass is 10.2. The van der Waals surface area contributed by atoms with E-state index in [1.165, 1.54) is 25.6 Å². The SMILES string of the molecule is COC(=O)c1sc(N2CCCNCC2)c(C(=O)OC)c1N. The predicted molar refractivity (Wildman–Crippen MR) is 81.1 cm³/mol. The molecule has 0 atom stereocenters. The molecule has 0 saturated carbocycles. The fraction of sp³-hybridized carbons (Fsp3) is 0.538. The van der Waals surface area contributed by atoms with Crippen LogP contribution < -0.4 is 16.0 Å². The van der Waals surface area contributed by atoms with Crippen LogP contribution in [0, 0.1) is 0 Å². The van der Waals surface area contributed by atoms with Crippen molar-refractivity contribution in [2.75, 3.05) is 51.0 Å². The molecule has 0 aliphatic carbocycles. The maximum atomic E-state index is 12.0. The van der Waals surface area contributed by atoms with E-state index >= 15 is 0 Å². The highest BCUT2D eigenvalue weighted by Crippen LogP contribution is 2.39. The molecule has 1 aromatic rings. The van der Waals surface area contributed by atoms with Crippen molar-refractivity contribution in [3.63, 3.8) is 0 Å². The summed E-state index contributed by atoms with van der Waals surface area (Å²) in [7, 11) is 2.58. The van der Waals surface area contributed by atoms with Crippen molar-refractivity contribution >= 4 is 34.0 Å². The van der Waals surface area contributed by atoms with Crippen molar-refractivity contribution in [1.82, 2.24) is 5.32 Å². The number of nitrogens with zero attached hydrogens (tertiary/aromatic N) is 1. The van der Waals surface area contributed by atoms with Gasteiger partial charge < -0.3 is 25.4 Å². The summed E-state index contributed by atoms with van der Waals surface area (Å²) in [5.74, 6) is -1.08. The zero-order valence-electron chi connectivity index (χ0n) is 12.1. The van der Waals surface area contributed by atoms with Gasteiger partial charge in [-0.05, 0) is 13.0 Å². The van der Waals surface area contributed by atoms with E-state index in [2.05, 4.69) is 10.2 Å². The van der Waals surface area contributed by atoms with Crippen molar-refractivity contribution in [3.8, 4) is 0 Å². The van der Waals surface area contributed by atoms with Crippen LogP contribution in [0.5, 0.6) is 0 Å². The van der Waals surface area contributed by atoms with E-state index in [4.69, 9.17) is 15.2 Å². The number of hydrogen-bond donors (Lipinski definition) is 2. The minimum absolute atomic E-state index is 0.130. The first-order chi connectivity index (χ1) is 10.1. The predicted octanol–water partition coefficient (Wildman–Crippen LogP) is 0.703. The highest BCUT2D eigenvalue weighted by Gasteiger charge is 2.29. The van der Waals surface area contributed by atoms with Gasteiger partial charge in [0, 0.05) is 19.6 Å². The molecule has 1 saturated heterocycles. The standard InChI is InChI=1S/C13H19N3O4S/c1-19-12(17)8-9(14)10(13(18)20-2)21-11(8)16-6-3-4-15-5-7-16/h15H,3-7,14H2,1-2H3. The summed E-state index contributed by atoms with van der Waals surface area (Å²) in [5, 5.41) is 3.96. The number of ether oxygens (including phenoxy) is 2. The van der Waals surface area contributed by atoms with E-state index in [1.54, 1.807) is 0 Å². The molecule has 1 fully saturated rings. The van der Waals surface area contributed by atoms with E-state index in [-0.39, 0.29) is 16.1 Å². The Labute approximate surface area is 127 Å². The van der Waals surface area contributed by atoms with Crippen LogP contribution in [0.2, 0.25) is 0 Å². The molecule has 2 heterocycles. The van der Waals surface area contributed by atoms with Gasteiger partial charge in [0.1, 0.15) is 15.4 Å². The van der Waals surface area contributed by atoms with Crippen LogP contribution in [-0.2, 0) is 9.47 Å². The molecule has 0 aromatic carbocycles. The van der Waals surface area contributed by atoms with Crippen molar-refractivity contribution < 1.29 is 19.1 Å². The third-order valence-corrected chi connectivity index (χ3v) is 4.56. The summed E-state index contributed by atoms with van der Waals surface area (Å²) in [4.78, 5) is 26.1. The number of rotatable bonds is 3. The van der Waals surface area contributed by atoms with Gasteiger partial charge in [-0.1, -0.05) is 0 Å². The maximum Gasteiger partial charge on any atom is 0.350 e. The normalized spacial score (nSPS) is 15.4. The second kappa shape index (κ2) is 6.77. The van der Waals surface area contributed by atoms with Gasteiger partial charge in [-0.25, -0.2) is 9.59 Å². The van der Waals surface area contributed by atoms with Crippen LogP contribution in [0.1, 0.15) is 26.5 Å². The van der Waals surface area contributed by atoms with E-state index in [0.29, 0.717) is 5.00 Å². The third-order valence-electron chi connectivity index (χ3n) is 3.31. The Balaban J connectivity index is 2.46. The molecule has 8 heteroatoms. The fourth-order valence-corrected chi connectivity index (χ4v) is 3.43. The molecule has 21 heavy (non-hydrogen) atoms. The monoisotopic (exact) mass is 313 g/mol. The second-order valence-electron chi connectivity index (χ2n) is 4.60. The summed E-state index contributed by atoms with van der Waals surface area (Å²) in [6.07, 6.45) is 0.950. The molecule has 1 aromatic heterocycles. The molecule has 3 N–H and O–H groups in total. The van der Waals surface area contributed by atoms with E-state index in [1.807, 2.05) is 0 Å². The zero-order valence-corrected chi connectivity index (χ0v) is 12.9. The van der Waals surface area contributed by atoms with Crippen LogP contribution in [-0.4, -0.2) is 52.3 Å². The number of hydrogen-bond acceptors (Lipinski definition) is 8. The van der Waals surface area contributed by atoms with Crippen LogP contribution in [0.4, 0.5) is 10.7 Å².